The zero-order chi connectivity index (χ0) is 20.5. The first-order valence-electron chi connectivity index (χ1n) is 9.78. The molecule has 0 aromatic carbocycles. The molecular weight excluding hydrogens is 394 g/mol. The van der Waals surface area contributed by atoms with Gasteiger partial charge in [0.2, 0.25) is 0 Å². The van der Waals surface area contributed by atoms with Gasteiger partial charge in [0, 0.05) is 23.5 Å². The van der Waals surface area contributed by atoms with Gasteiger partial charge in [-0.05, 0) is 44.1 Å². The van der Waals surface area contributed by atoms with E-state index in [4.69, 9.17) is 5.11 Å². The molecule has 3 atom stereocenters. The number of allylic oxidation sites excluding steroid dienone is 2. The highest BCUT2D eigenvalue weighted by molar-refractivity contribution is 8.01. The Bertz CT molecular complexity index is 726. The van der Waals surface area contributed by atoms with Crippen LogP contribution >= 0.6 is 23.1 Å². The topological polar surface area (TPSA) is 87.5 Å². The number of Topliss-reactive ketones (excluding diaryl/α,β-unsaturated/α-hetero) is 1. The Hall–Kier alpha value is -1.44. The first-order chi connectivity index (χ1) is 13.4. The fraction of sp³-hybridized carbons (Fsp3) is 0.571. The van der Waals surface area contributed by atoms with Crippen LogP contribution in [0.4, 0.5) is 0 Å². The molecule has 0 spiro atoms. The second-order valence-electron chi connectivity index (χ2n) is 7.13. The highest BCUT2D eigenvalue weighted by atomic mass is 32.2. The van der Waals surface area contributed by atoms with Gasteiger partial charge in [-0.1, -0.05) is 43.3 Å². The molecule has 1 fully saturated rings. The summed E-state index contributed by atoms with van der Waals surface area (Å²) in [5.41, 5.74) is 1.08. The van der Waals surface area contributed by atoms with E-state index in [1.807, 2.05) is 13.0 Å². The summed E-state index contributed by atoms with van der Waals surface area (Å²) in [6, 6.07) is 0. The highest BCUT2D eigenvalue weighted by Gasteiger charge is 2.32. The molecule has 0 bridgehead atoms. The zero-order valence-electron chi connectivity index (χ0n) is 16.5. The van der Waals surface area contributed by atoms with E-state index in [0.29, 0.717) is 18.6 Å². The number of carbonyl (C=O) groups excluding carboxylic acids is 1. The lowest BCUT2D eigenvalue weighted by molar-refractivity contribution is -0.121. The van der Waals surface area contributed by atoms with Crippen LogP contribution in [0.25, 0.3) is 0 Å². The van der Waals surface area contributed by atoms with Crippen LogP contribution in [0.15, 0.2) is 33.5 Å². The Labute approximate surface area is 175 Å². The van der Waals surface area contributed by atoms with Gasteiger partial charge in [-0.2, -0.15) is 0 Å². The molecule has 0 saturated heterocycles. The van der Waals surface area contributed by atoms with Crippen molar-refractivity contribution in [3.8, 4) is 0 Å². The van der Waals surface area contributed by atoms with Gasteiger partial charge >= 0.3 is 5.97 Å². The number of thiazole rings is 1. The van der Waals surface area contributed by atoms with Crippen molar-refractivity contribution >= 4 is 34.9 Å². The quantitative estimate of drug-likeness (QED) is 0.386. The number of carboxylic acid groups (broad SMARTS) is 1. The SMILES string of the molecule is CCC/C=C(\C)C(O)C/C=C/[C@@H]1CCC(=O)[C@@H]1CCSc1nc(C(=O)O)cs1. The van der Waals surface area contributed by atoms with Crippen LogP contribution in [0.3, 0.4) is 0 Å². The van der Waals surface area contributed by atoms with Crippen molar-refractivity contribution in [3.05, 3.63) is 34.9 Å². The standard InChI is InChI=1S/C21H29NO4S2/c1-3-4-6-14(2)18(23)8-5-7-15-9-10-19(24)16(15)11-12-27-21-22-17(13-28-21)20(25)26/h5-7,13,15-16,18,23H,3-4,8-12H2,1-2H3,(H,25,26)/b7-5+,14-6+/t15-,16-,18?/m1/s1. The minimum atomic E-state index is -1.01. The smallest absolute Gasteiger partial charge is 0.355 e. The van der Waals surface area contributed by atoms with Crippen LogP contribution in [0.2, 0.25) is 0 Å². The lowest BCUT2D eigenvalue weighted by Crippen LogP contribution is -2.14. The Morgan fingerprint density at radius 2 is 2.29 bits per heavy atom. The Balaban J connectivity index is 1.82. The number of hydrogen-bond acceptors (Lipinski definition) is 6. The number of carboxylic acids is 1. The molecule has 154 valence electrons. The summed E-state index contributed by atoms with van der Waals surface area (Å²) in [4.78, 5) is 27.2. The second-order valence-corrected chi connectivity index (χ2v) is 9.33. The fourth-order valence-corrected chi connectivity index (χ4v) is 5.20. The van der Waals surface area contributed by atoms with Crippen LogP contribution in [-0.4, -0.2) is 38.8 Å². The Morgan fingerprint density at radius 1 is 1.50 bits per heavy atom. The second kappa shape index (κ2) is 11.5. The van der Waals surface area contributed by atoms with Gasteiger partial charge in [0.15, 0.2) is 10.0 Å². The molecule has 0 amide bonds. The molecule has 2 rings (SSSR count). The van der Waals surface area contributed by atoms with Crippen molar-refractivity contribution in [2.24, 2.45) is 11.8 Å². The van der Waals surface area contributed by atoms with Crippen molar-refractivity contribution in [3.63, 3.8) is 0 Å². The van der Waals surface area contributed by atoms with E-state index in [1.54, 1.807) is 5.38 Å². The molecule has 1 aromatic rings. The zero-order valence-corrected chi connectivity index (χ0v) is 18.1. The number of rotatable bonds is 11. The maximum Gasteiger partial charge on any atom is 0.355 e. The van der Waals surface area contributed by atoms with Crippen LogP contribution in [0.5, 0.6) is 0 Å². The molecule has 1 aliphatic rings. The average Bonchev–Trinajstić information content (AvgIpc) is 3.28. The number of aliphatic hydroxyl groups is 1. The maximum atomic E-state index is 12.3. The molecule has 5 nitrogen and oxygen atoms in total. The molecular formula is C21H29NO4S2. The minimum Gasteiger partial charge on any atom is -0.476 e. The number of aromatic carboxylic acids is 1. The summed E-state index contributed by atoms with van der Waals surface area (Å²) >= 11 is 2.84. The third-order valence-electron chi connectivity index (χ3n) is 5.03. The van der Waals surface area contributed by atoms with Crippen molar-refractivity contribution < 1.29 is 19.8 Å². The summed E-state index contributed by atoms with van der Waals surface area (Å²) in [6.45, 7) is 4.08. The molecule has 1 aliphatic carbocycles. The van der Waals surface area contributed by atoms with E-state index < -0.39 is 12.1 Å². The van der Waals surface area contributed by atoms with Crippen LogP contribution < -0.4 is 0 Å². The van der Waals surface area contributed by atoms with E-state index in [0.717, 1.165) is 41.3 Å². The highest BCUT2D eigenvalue weighted by Crippen LogP contribution is 2.35. The molecule has 0 aliphatic heterocycles. The molecule has 1 saturated carbocycles. The van der Waals surface area contributed by atoms with E-state index >= 15 is 0 Å². The van der Waals surface area contributed by atoms with E-state index in [-0.39, 0.29) is 17.5 Å². The summed E-state index contributed by atoms with van der Waals surface area (Å²) in [6.07, 6.45) is 10.6. The van der Waals surface area contributed by atoms with Crippen LogP contribution in [0, 0.1) is 11.8 Å². The van der Waals surface area contributed by atoms with Gasteiger partial charge in [-0.25, -0.2) is 9.78 Å². The number of aliphatic hydroxyl groups excluding tert-OH is 1. The van der Waals surface area contributed by atoms with Gasteiger partial charge in [0.25, 0.3) is 0 Å². The van der Waals surface area contributed by atoms with E-state index in [9.17, 15) is 14.7 Å². The van der Waals surface area contributed by atoms with Crippen LogP contribution in [0.1, 0.15) is 62.9 Å². The predicted molar refractivity (Wildman–Crippen MR) is 114 cm³/mol. The minimum absolute atomic E-state index is 0.0107. The molecule has 28 heavy (non-hydrogen) atoms. The van der Waals surface area contributed by atoms with E-state index in [1.165, 1.54) is 23.1 Å². The molecule has 0 radical (unpaired) electrons. The van der Waals surface area contributed by atoms with Crippen molar-refractivity contribution in [2.75, 3.05) is 5.75 Å². The molecule has 1 heterocycles. The predicted octanol–water partition coefficient (Wildman–Crippen LogP) is 4.97. The van der Waals surface area contributed by atoms with Crippen molar-refractivity contribution in [1.82, 2.24) is 4.98 Å². The van der Waals surface area contributed by atoms with Gasteiger partial charge in [0.05, 0.1) is 6.10 Å². The average molecular weight is 424 g/mol. The summed E-state index contributed by atoms with van der Waals surface area (Å²) < 4.78 is 0.729. The number of hydrogen-bond donors (Lipinski definition) is 2. The van der Waals surface area contributed by atoms with Gasteiger partial charge in [-0.15, -0.1) is 11.3 Å². The summed E-state index contributed by atoms with van der Waals surface area (Å²) in [5, 5.41) is 20.7. The number of ketones is 1. The first kappa shape index (κ1) is 22.8. The summed E-state index contributed by atoms with van der Waals surface area (Å²) in [7, 11) is 0. The van der Waals surface area contributed by atoms with Gasteiger partial charge in [-0.3, -0.25) is 4.79 Å². The third kappa shape index (κ3) is 6.87. The number of carbonyl (C=O) groups is 2. The molecule has 1 aromatic heterocycles. The van der Waals surface area contributed by atoms with Crippen molar-refractivity contribution in [1.29, 1.82) is 0 Å². The normalized spacial score (nSPS) is 21.5. The molecule has 7 heteroatoms. The third-order valence-corrected chi connectivity index (χ3v) is 7.09. The molecule has 1 unspecified atom stereocenters. The monoisotopic (exact) mass is 423 g/mol. The largest absolute Gasteiger partial charge is 0.476 e. The Morgan fingerprint density at radius 3 is 2.96 bits per heavy atom. The summed E-state index contributed by atoms with van der Waals surface area (Å²) in [5.74, 6) is 0.276. The number of aromatic nitrogens is 1. The maximum absolute atomic E-state index is 12.3. The fourth-order valence-electron chi connectivity index (χ4n) is 3.31. The number of nitrogens with zero attached hydrogens (tertiary/aromatic N) is 1. The first-order valence-corrected chi connectivity index (χ1v) is 11.6. The van der Waals surface area contributed by atoms with Gasteiger partial charge in [0.1, 0.15) is 5.78 Å². The van der Waals surface area contributed by atoms with E-state index in [2.05, 4.69) is 24.1 Å². The lowest BCUT2D eigenvalue weighted by atomic mass is 9.92. The molecule has 2 N–H and O–H groups in total. The number of unbranched alkanes of at least 4 members (excludes halogenated alkanes) is 1. The van der Waals surface area contributed by atoms with Crippen molar-refractivity contribution in [2.45, 2.75) is 62.8 Å². The van der Waals surface area contributed by atoms with Crippen LogP contribution in [-0.2, 0) is 4.79 Å². The lowest BCUT2D eigenvalue weighted by Gasteiger charge is -2.15. The van der Waals surface area contributed by atoms with Gasteiger partial charge < -0.3 is 10.2 Å². The Kier molecular flexibility index (Phi) is 9.41. The number of thioether (sulfide) groups is 1.